The second-order valence-electron chi connectivity index (χ2n) is 5.59. The Balaban J connectivity index is 2.19. The number of ether oxygens (including phenoxy) is 1. The van der Waals surface area contributed by atoms with Gasteiger partial charge in [-0.2, -0.15) is 0 Å². The van der Waals surface area contributed by atoms with Crippen LogP contribution in [0.1, 0.15) is 21.7 Å². The van der Waals surface area contributed by atoms with Gasteiger partial charge in [-0.3, -0.25) is 0 Å². The summed E-state index contributed by atoms with van der Waals surface area (Å²) in [7, 11) is 1.22. The van der Waals surface area contributed by atoms with E-state index >= 15 is 0 Å². The Morgan fingerprint density at radius 1 is 1.15 bits per heavy atom. The molecule has 0 saturated heterocycles. The van der Waals surface area contributed by atoms with E-state index in [-0.39, 0.29) is 17.9 Å². The number of benzene rings is 2. The highest BCUT2D eigenvalue weighted by molar-refractivity contribution is 9.10. The van der Waals surface area contributed by atoms with Crippen LogP contribution in [0.3, 0.4) is 0 Å². The van der Waals surface area contributed by atoms with E-state index in [1.54, 1.807) is 24.3 Å². The Morgan fingerprint density at radius 3 is 2.50 bits per heavy atom. The highest BCUT2D eigenvalue weighted by Gasteiger charge is 2.19. The zero-order chi connectivity index (χ0) is 18.7. The number of para-hydroxylation sites is 1. The number of esters is 1. The highest BCUT2D eigenvalue weighted by atomic mass is 79.9. The third kappa shape index (κ3) is 3.70. The maximum Gasteiger partial charge on any atom is 0.374 e. The van der Waals surface area contributed by atoms with Gasteiger partial charge in [-0.15, -0.1) is 0 Å². The highest BCUT2D eigenvalue weighted by Crippen LogP contribution is 2.28. The molecule has 1 aromatic heterocycles. The Hall–Kier alpha value is -2.86. The van der Waals surface area contributed by atoms with Gasteiger partial charge in [0.15, 0.2) is 0 Å². The number of carbonyl (C=O) groups excluding carboxylic acids is 1. The molecule has 2 aromatic carbocycles. The summed E-state index contributed by atoms with van der Waals surface area (Å²) in [4.78, 5) is 24.4. The molecular weight excluding hydrogens is 400 g/mol. The van der Waals surface area contributed by atoms with Crippen LogP contribution in [0.15, 0.2) is 68.3 Å². The van der Waals surface area contributed by atoms with Crippen molar-refractivity contribution < 1.29 is 19.1 Å². The van der Waals surface area contributed by atoms with E-state index in [1.807, 2.05) is 24.3 Å². The SMILES string of the molecule is COC(=O)c1cc(-c2ccc(Br)cc2)c(Cc2ccccc2O)c(=O)o1. The normalized spacial score (nSPS) is 10.5. The van der Waals surface area contributed by atoms with Crippen LogP contribution in [-0.4, -0.2) is 18.2 Å². The lowest BCUT2D eigenvalue weighted by Gasteiger charge is -2.11. The fraction of sp³-hybridized carbons (Fsp3) is 0.100. The number of halogens is 1. The molecule has 0 fully saturated rings. The summed E-state index contributed by atoms with van der Waals surface area (Å²) >= 11 is 3.38. The van der Waals surface area contributed by atoms with Crippen LogP contribution in [0.25, 0.3) is 11.1 Å². The van der Waals surface area contributed by atoms with Crippen LogP contribution in [-0.2, 0) is 11.2 Å². The Labute approximate surface area is 158 Å². The van der Waals surface area contributed by atoms with Crippen molar-refractivity contribution in [3.63, 3.8) is 0 Å². The summed E-state index contributed by atoms with van der Waals surface area (Å²) in [6.07, 6.45) is 0.169. The van der Waals surface area contributed by atoms with E-state index in [9.17, 15) is 14.7 Å². The molecule has 0 bridgehead atoms. The van der Waals surface area contributed by atoms with E-state index in [4.69, 9.17) is 4.42 Å². The number of hydrogen-bond donors (Lipinski definition) is 1. The molecule has 132 valence electrons. The van der Waals surface area contributed by atoms with E-state index in [2.05, 4.69) is 20.7 Å². The number of rotatable bonds is 4. The minimum Gasteiger partial charge on any atom is -0.508 e. The predicted molar refractivity (Wildman–Crippen MR) is 100 cm³/mol. The molecule has 6 heteroatoms. The smallest absolute Gasteiger partial charge is 0.374 e. The van der Waals surface area contributed by atoms with Crippen molar-refractivity contribution in [3.8, 4) is 16.9 Å². The first-order chi connectivity index (χ1) is 12.5. The van der Waals surface area contributed by atoms with E-state index < -0.39 is 11.6 Å². The van der Waals surface area contributed by atoms with Gasteiger partial charge in [0.2, 0.25) is 5.76 Å². The van der Waals surface area contributed by atoms with Crippen molar-refractivity contribution in [1.29, 1.82) is 0 Å². The maximum absolute atomic E-state index is 12.6. The summed E-state index contributed by atoms with van der Waals surface area (Å²) in [6, 6.07) is 15.6. The molecular formula is C20H15BrO5. The summed E-state index contributed by atoms with van der Waals surface area (Å²) in [5, 5.41) is 10.0. The second kappa shape index (κ2) is 7.58. The van der Waals surface area contributed by atoms with Gasteiger partial charge < -0.3 is 14.3 Å². The summed E-state index contributed by atoms with van der Waals surface area (Å²) in [5.74, 6) is -0.809. The summed E-state index contributed by atoms with van der Waals surface area (Å²) in [6.45, 7) is 0. The van der Waals surface area contributed by atoms with Gasteiger partial charge in [0, 0.05) is 10.9 Å². The fourth-order valence-corrected chi connectivity index (χ4v) is 2.89. The molecule has 1 heterocycles. The van der Waals surface area contributed by atoms with Gasteiger partial charge in [0.1, 0.15) is 5.75 Å². The first-order valence-electron chi connectivity index (χ1n) is 7.77. The summed E-state index contributed by atoms with van der Waals surface area (Å²) < 4.78 is 10.7. The second-order valence-corrected chi connectivity index (χ2v) is 6.51. The molecule has 0 atom stereocenters. The van der Waals surface area contributed by atoms with E-state index in [0.717, 1.165) is 10.0 Å². The molecule has 3 aromatic rings. The van der Waals surface area contributed by atoms with Crippen molar-refractivity contribution >= 4 is 21.9 Å². The minimum absolute atomic E-state index is 0.0886. The first-order valence-corrected chi connectivity index (χ1v) is 8.57. The molecule has 0 aliphatic rings. The molecule has 0 radical (unpaired) electrons. The van der Waals surface area contributed by atoms with Crippen molar-refractivity contribution in [2.75, 3.05) is 7.11 Å². The average Bonchev–Trinajstić information content (AvgIpc) is 2.64. The number of methoxy groups -OCH3 is 1. The Bertz CT molecular complexity index is 1010. The number of aromatic hydroxyl groups is 1. The maximum atomic E-state index is 12.6. The first kappa shape index (κ1) is 17.9. The lowest BCUT2D eigenvalue weighted by Crippen LogP contribution is -2.14. The summed E-state index contributed by atoms with van der Waals surface area (Å²) in [5.41, 5.74) is 1.59. The van der Waals surface area contributed by atoms with Gasteiger partial charge in [-0.1, -0.05) is 46.3 Å². The molecule has 0 amide bonds. The molecule has 0 unspecified atom stereocenters. The lowest BCUT2D eigenvalue weighted by molar-refractivity contribution is 0.0559. The van der Waals surface area contributed by atoms with Crippen molar-refractivity contribution in [2.24, 2.45) is 0 Å². The van der Waals surface area contributed by atoms with Gasteiger partial charge in [0.25, 0.3) is 0 Å². The number of carbonyl (C=O) groups is 1. The van der Waals surface area contributed by atoms with Crippen LogP contribution in [0.5, 0.6) is 5.75 Å². The molecule has 0 spiro atoms. The van der Waals surface area contributed by atoms with Gasteiger partial charge in [-0.25, -0.2) is 9.59 Å². The van der Waals surface area contributed by atoms with Crippen LogP contribution in [0.4, 0.5) is 0 Å². The van der Waals surface area contributed by atoms with Gasteiger partial charge in [-0.05, 0) is 41.0 Å². The van der Waals surface area contributed by atoms with Crippen LogP contribution in [0.2, 0.25) is 0 Å². The van der Waals surface area contributed by atoms with E-state index in [0.29, 0.717) is 16.7 Å². The third-order valence-corrected chi connectivity index (χ3v) is 4.48. The number of phenolic OH excluding ortho intramolecular Hbond substituents is 1. The number of hydrogen-bond acceptors (Lipinski definition) is 5. The largest absolute Gasteiger partial charge is 0.508 e. The average molecular weight is 415 g/mol. The molecule has 0 aliphatic heterocycles. The van der Waals surface area contributed by atoms with Crippen LogP contribution >= 0.6 is 15.9 Å². The monoisotopic (exact) mass is 414 g/mol. The Kier molecular flexibility index (Phi) is 5.23. The molecule has 1 N–H and O–H groups in total. The van der Waals surface area contributed by atoms with Crippen molar-refractivity contribution in [2.45, 2.75) is 6.42 Å². The molecule has 3 rings (SSSR count). The topological polar surface area (TPSA) is 76.7 Å². The van der Waals surface area contributed by atoms with E-state index in [1.165, 1.54) is 13.2 Å². The van der Waals surface area contributed by atoms with Crippen molar-refractivity contribution in [1.82, 2.24) is 0 Å². The van der Waals surface area contributed by atoms with Gasteiger partial charge >= 0.3 is 11.6 Å². The fourth-order valence-electron chi connectivity index (χ4n) is 2.63. The number of phenols is 1. The van der Waals surface area contributed by atoms with Crippen molar-refractivity contribution in [3.05, 3.63) is 86.4 Å². The van der Waals surface area contributed by atoms with Gasteiger partial charge in [0.05, 0.1) is 12.7 Å². The lowest BCUT2D eigenvalue weighted by atomic mass is 9.96. The van der Waals surface area contributed by atoms with Crippen LogP contribution in [0, 0.1) is 0 Å². The standard InChI is InChI=1S/C20H15BrO5/c1-25-20(24)18-11-15(12-6-8-14(21)9-7-12)16(19(23)26-18)10-13-4-2-3-5-17(13)22/h2-9,11,22H,10H2,1H3. The minimum atomic E-state index is -0.727. The predicted octanol–water partition coefficient (Wildman–Crippen LogP) is 4.15. The third-order valence-electron chi connectivity index (χ3n) is 3.95. The molecule has 0 aliphatic carbocycles. The molecule has 0 saturated carbocycles. The zero-order valence-corrected chi connectivity index (χ0v) is 15.4. The quantitative estimate of drug-likeness (QED) is 0.648. The molecule has 26 heavy (non-hydrogen) atoms. The zero-order valence-electron chi connectivity index (χ0n) is 13.9. The molecule has 5 nitrogen and oxygen atoms in total. The van der Waals surface area contributed by atoms with Crippen LogP contribution < -0.4 is 5.63 Å². The Morgan fingerprint density at radius 2 is 1.85 bits per heavy atom.